The Balaban J connectivity index is 1.34. The summed E-state index contributed by atoms with van der Waals surface area (Å²) in [6, 6.07) is 24.6. The molecule has 1 heterocycles. The zero-order valence-corrected chi connectivity index (χ0v) is 19.9. The van der Waals surface area contributed by atoms with Gasteiger partial charge in [0.1, 0.15) is 0 Å². The number of thiocarbonyl (C=S) groups is 1. The highest BCUT2D eigenvalue weighted by Crippen LogP contribution is 2.30. The quantitative estimate of drug-likeness (QED) is 0.269. The predicted octanol–water partition coefficient (Wildman–Crippen LogP) is 5.53. The number of carbonyl (C=O) groups excluding carboxylic acids is 3. The van der Waals surface area contributed by atoms with Crippen molar-refractivity contribution in [2.75, 3.05) is 10.2 Å². The fourth-order valence-electron chi connectivity index (χ4n) is 3.95. The van der Waals surface area contributed by atoms with E-state index in [2.05, 4.69) is 26.6 Å². The topological polar surface area (TPSA) is 78.5 Å². The Bertz CT molecular complexity index is 1480. The van der Waals surface area contributed by atoms with Crippen LogP contribution < -0.4 is 15.5 Å². The molecule has 1 aliphatic rings. The van der Waals surface area contributed by atoms with Gasteiger partial charge in [0.15, 0.2) is 5.11 Å². The fourth-order valence-corrected chi connectivity index (χ4v) is 4.66. The van der Waals surface area contributed by atoms with Crippen LogP contribution in [0.15, 0.2) is 89.4 Å². The van der Waals surface area contributed by atoms with Gasteiger partial charge in [-0.15, -0.1) is 0 Å². The average Bonchev–Trinajstić information content (AvgIpc) is 3.09. The average molecular weight is 530 g/mol. The number of nitrogens with one attached hydrogen (secondary N) is 2. The van der Waals surface area contributed by atoms with Crippen molar-refractivity contribution in [1.82, 2.24) is 5.32 Å². The maximum atomic E-state index is 12.9. The molecule has 4 aromatic rings. The largest absolute Gasteiger partial charge is 0.332 e. The van der Waals surface area contributed by atoms with Crippen LogP contribution in [0.3, 0.4) is 0 Å². The summed E-state index contributed by atoms with van der Waals surface area (Å²) in [5, 5.41) is 7.46. The molecule has 3 amide bonds. The van der Waals surface area contributed by atoms with Crippen LogP contribution in [-0.4, -0.2) is 22.8 Å². The van der Waals surface area contributed by atoms with E-state index in [0.717, 1.165) is 20.1 Å². The molecular formula is C26H16BrN3O3S. The van der Waals surface area contributed by atoms with E-state index >= 15 is 0 Å². The van der Waals surface area contributed by atoms with Crippen molar-refractivity contribution in [3.05, 3.63) is 106 Å². The zero-order valence-electron chi connectivity index (χ0n) is 17.5. The number of hydrogen-bond donors (Lipinski definition) is 2. The standard InChI is InChI=1S/C26H16BrN3O3S/c27-22-13-5-10-17-18(22)11-4-12-19(17)23(31)29-26(34)28-15-6-3-7-16(14-15)30-24(32)20-8-1-2-9-21(20)25(30)33/h1-14H,(H2,28,29,31,34). The number of rotatable bonds is 3. The minimum absolute atomic E-state index is 0.0940. The second kappa shape index (κ2) is 8.81. The normalized spacial score (nSPS) is 12.6. The molecule has 34 heavy (non-hydrogen) atoms. The molecular weight excluding hydrogens is 514 g/mol. The van der Waals surface area contributed by atoms with Crippen molar-refractivity contribution in [3.63, 3.8) is 0 Å². The summed E-state index contributed by atoms with van der Waals surface area (Å²) in [7, 11) is 0. The van der Waals surface area contributed by atoms with E-state index in [1.807, 2.05) is 30.3 Å². The fraction of sp³-hybridized carbons (Fsp3) is 0. The lowest BCUT2D eigenvalue weighted by Gasteiger charge is -2.16. The van der Waals surface area contributed by atoms with Gasteiger partial charge < -0.3 is 5.32 Å². The summed E-state index contributed by atoms with van der Waals surface area (Å²) in [6.07, 6.45) is 0. The number of amides is 3. The minimum Gasteiger partial charge on any atom is -0.332 e. The molecule has 0 saturated heterocycles. The second-order valence-electron chi connectivity index (χ2n) is 7.59. The van der Waals surface area contributed by atoms with Gasteiger partial charge in [-0.05, 0) is 65.5 Å². The highest BCUT2D eigenvalue weighted by atomic mass is 79.9. The molecule has 0 bridgehead atoms. The van der Waals surface area contributed by atoms with Crippen LogP contribution in [0.25, 0.3) is 10.8 Å². The summed E-state index contributed by atoms with van der Waals surface area (Å²) in [5.41, 5.74) is 2.16. The lowest BCUT2D eigenvalue weighted by atomic mass is 10.0. The summed E-state index contributed by atoms with van der Waals surface area (Å²) in [4.78, 5) is 39.6. The van der Waals surface area contributed by atoms with E-state index in [0.29, 0.717) is 28.1 Å². The van der Waals surface area contributed by atoms with E-state index in [1.54, 1.807) is 54.6 Å². The Hall–Kier alpha value is -3.88. The van der Waals surface area contributed by atoms with E-state index < -0.39 is 0 Å². The number of anilines is 2. The van der Waals surface area contributed by atoms with Gasteiger partial charge in [-0.2, -0.15) is 0 Å². The molecule has 0 unspecified atom stereocenters. The van der Waals surface area contributed by atoms with Crippen LogP contribution in [-0.2, 0) is 0 Å². The monoisotopic (exact) mass is 529 g/mol. The van der Waals surface area contributed by atoms with Gasteiger partial charge in [0.25, 0.3) is 17.7 Å². The number of halogens is 1. The first-order valence-electron chi connectivity index (χ1n) is 10.3. The van der Waals surface area contributed by atoms with Crippen molar-refractivity contribution in [2.24, 2.45) is 0 Å². The van der Waals surface area contributed by atoms with Crippen LogP contribution in [0.2, 0.25) is 0 Å². The molecule has 5 rings (SSSR count). The lowest BCUT2D eigenvalue weighted by Crippen LogP contribution is -2.34. The number of nitrogens with zero attached hydrogens (tertiary/aromatic N) is 1. The molecule has 4 aromatic carbocycles. The molecule has 6 nitrogen and oxygen atoms in total. The number of hydrogen-bond acceptors (Lipinski definition) is 4. The first kappa shape index (κ1) is 21.9. The van der Waals surface area contributed by atoms with Crippen molar-refractivity contribution in [2.45, 2.75) is 0 Å². The minimum atomic E-state index is -0.379. The smallest absolute Gasteiger partial charge is 0.266 e. The molecule has 0 atom stereocenters. The van der Waals surface area contributed by atoms with Gasteiger partial charge >= 0.3 is 0 Å². The van der Waals surface area contributed by atoms with Crippen LogP contribution in [0, 0.1) is 0 Å². The van der Waals surface area contributed by atoms with E-state index in [4.69, 9.17) is 12.2 Å². The maximum absolute atomic E-state index is 12.9. The summed E-state index contributed by atoms with van der Waals surface area (Å²) in [6.45, 7) is 0. The number of fused-ring (bicyclic) bond motifs is 2. The van der Waals surface area contributed by atoms with Crippen LogP contribution >= 0.6 is 28.1 Å². The third-order valence-corrected chi connectivity index (χ3v) is 6.39. The molecule has 166 valence electrons. The molecule has 0 spiro atoms. The Morgan fingerprint density at radius 2 is 1.44 bits per heavy atom. The molecule has 0 saturated carbocycles. The Morgan fingerprint density at radius 3 is 2.18 bits per heavy atom. The van der Waals surface area contributed by atoms with Crippen molar-refractivity contribution < 1.29 is 14.4 Å². The molecule has 2 N–H and O–H groups in total. The first-order chi connectivity index (χ1) is 16.4. The molecule has 8 heteroatoms. The van der Waals surface area contributed by atoms with Crippen LogP contribution in [0.5, 0.6) is 0 Å². The van der Waals surface area contributed by atoms with E-state index in [9.17, 15) is 14.4 Å². The van der Waals surface area contributed by atoms with E-state index in [1.165, 1.54) is 0 Å². The number of benzene rings is 4. The Kier molecular flexibility index (Phi) is 5.69. The van der Waals surface area contributed by atoms with Gasteiger partial charge in [-0.1, -0.05) is 58.4 Å². The van der Waals surface area contributed by atoms with E-state index in [-0.39, 0.29) is 22.8 Å². The highest BCUT2D eigenvalue weighted by Gasteiger charge is 2.36. The molecule has 1 aliphatic heterocycles. The number of imide groups is 1. The SMILES string of the molecule is O=C(NC(=S)Nc1cccc(N2C(=O)c3ccccc3C2=O)c1)c1cccc2c(Br)cccc12. The summed E-state index contributed by atoms with van der Waals surface area (Å²) in [5.74, 6) is -1.11. The van der Waals surface area contributed by atoms with Crippen LogP contribution in [0.4, 0.5) is 11.4 Å². The van der Waals surface area contributed by atoms with Gasteiger partial charge in [0.2, 0.25) is 0 Å². The van der Waals surface area contributed by atoms with Gasteiger partial charge in [0, 0.05) is 15.7 Å². The summed E-state index contributed by atoms with van der Waals surface area (Å²) < 4.78 is 0.894. The summed E-state index contributed by atoms with van der Waals surface area (Å²) >= 11 is 8.85. The Morgan fingerprint density at radius 1 is 0.794 bits per heavy atom. The van der Waals surface area contributed by atoms with Crippen molar-refractivity contribution in [3.8, 4) is 0 Å². The molecule has 0 aliphatic carbocycles. The highest BCUT2D eigenvalue weighted by molar-refractivity contribution is 9.10. The first-order valence-corrected chi connectivity index (χ1v) is 11.5. The predicted molar refractivity (Wildman–Crippen MR) is 139 cm³/mol. The maximum Gasteiger partial charge on any atom is 0.266 e. The second-order valence-corrected chi connectivity index (χ2v) is 8.85. The third kappa shape index (κ3) is 3.87. The molecule has 0 aromatic heterocycles. The van der Waals surface area contributed by atoms with Gasteiger partial charge in [-0.25, -0.2) is 4.90 Å². The third-order valence-electron chi connectivity index (χ3n) is 5.50. The van der Waals surface area contributed by atoms with Crippen molar-refractivity contribution >= 4 is 73.1 Å². The zero-order chi connectivity index (χ0) is 23.8. The van der Waals surface area contributed by atoms with Crippen LogP contribution in [0.1, 0.15) is 31.1 Å². The van der Waals surface area contributed by atoms with Gasteiger partial charge in [0.05, 0.1) is 16.8 Å². The van der Waals surface area contributed by atoms with Gasteiger partial charge in [-0.3, -0.25) is 19.7 Å². The Labute approximate surface area is 208 Å². The number of carbonyl (C=O) groups is 3. The molecule has 0 fully saturated rings. The lowest BCUT2D eigenvalue weighted by molar-refractivity contribution is 0.0924. The van der Waals surface area contributed by atoms with Crippen molar-refractivity contribution in [1.29, 1.82) is 0 Å². The molecule has 0 radical (unpaired) electrons.